The van der Waals surface area contributed by atoms with Crippen LogP contribution in [0.25, 0.3) is 0 Å². The van der Waals surface area contributed by atoms with E-state index in [2.05, 4.69) is 10.6 Å². The number of carbonyl (C=O) groups is 2. The lowest BCUT2D eigenvalue weighted by Crippen LogP contribution is -2.35. The summed E-state index contributed by atoms with van der Waals surface area (Å²) >= 11 is 0. The van der Waals surface area contributed by atoms with Crippen molar-refractivity contribution in [3.05, 3.63) is 83.4 Å². The Morgan fingerprint density at radius 1 is 0.600 bits per heavy atom. The van der Waals surface area contributed by atoms with Crippen molar-refractivity contribution in [1.29, 1.82) is 0 Å². The van der Waals surface area contributed by atoms with Gasteiger partial charge < -0.3 is 10.6 Å². The molecule has 0 aliphatic heterocycles. The molecule has 0 fully saturated rings. The minimum atomic E-state index is -4.11. The van der Waals surface area contributed by atoms with E-state index in [0.717, 1.165) is 0 Å². The van der Waals surface area contributed by atoms with E-state index in [4.69, 9.17) is 0 Å². The zero-order valence-corrected chi connectivity index (χ0v) is 20.7. The summed E-state index contributed by atoms with van der Waals surface area (Å²) in [4.78, 5) is 24.7. The molecule has 0 aromatic heterocycles. The molecule has 0 aliphatic rings. The van der Waals surface area contributed by atoms with Crippen molar-refractivity contribution in [3.8, 4) is 0 Å². The quantitative estimate of drug-likeness (QED) is 0.393. The minimum absolute atomic E-state index is 0.0335. The maximum absolute atomic E-state index is 12.5. The van der Waals surface area contributed by atoms with Crippen LogP contribution in [0.5, 0.6) is 0 Å². The predicted molar refractivity (Wildman–Crippen MR) is 132 cm³/mol. The number of carbonyl (C=O) groups excluding carboxylic acids is 2. The fourth-order valence-corrected chi connectivity index (χ4v) is 5.52. The maximum Gasteiger partial charge on any atom is 0.333 e. The van der Waals surface area contributed by atoms with E-state index < -0.39 is 32.1 Å². The van der Waals surface area contributed by atoms with Crippen molar-refractivity contribution in [2.24, 2.45) is 0 Å². The van der Waals surface area contributed by atoms with E-state index >= 15 is 0 Å². The normalized spacial score (nSPS) is 11.4. The Kier molecular flexibility index (Phi) is 7.46. The summed E-state index contributed by atoms with van der Waals surface area (Å²) in [5, 5.41) is 4.82. The van der Waals surface area contributed by atoms with Crippen LogP contribution in [0, 0.1) is 20.8 Å². The standard InChI is InChI=1S/C23H24N4O6S2/c1-15-12-13-18(24-22(28)26-34(30,31)20-10-6-4-8-16(20)2)14-19(15)25-23(29)27-35(32,33)21-11-7-5-9-17(21)3/h4-14H,1-3H3,(H2,24,26,28)(H2,25,27,29). The fourth-order valence-electron chi connectivity index (χ4n) is 3.21. The Morgan fingerprint density at radius 2 is 1.06 bits per heavy atom. The van der Waals surface area contributed by atoms with Gasteiger partial charge in [0.2, 0.25) is 0 Å². The number of aryl methyl sites for hydroxylation is 3. The van der Waals surface area contributed by atoms with Crippen LogP contribution in [0.3, 0.4) is 0 Å². The van der Waals surface area contributed by atoms with Gasteiger partial charge in [-0.2, -0.15) is 0 Å². The third-order valence-corrected chi connectivity index (χ3v) is 7.95. The third kappa shape index (κ3) is 6.37. The number of urea groups is 2. The Bertz CT molecular complexity index is 1500. The van der Waals surface area contributed by atoms with Crippen LogP contribution in [-0.2, 0) is 20.0 Å². The van der Waals surface area contributed by atoms with Gasteiger partial charge in [0.1, 0.15) is 0 Å². The van der Waals surface area contributed by atoms with Crippen LogP contribution in [-0.4, -0.2) is 28.9 Å². The molecule has 0 spiro atoms. The summed E-state index contributed by atoms with van der Waals surface area (Å²) in [6, 6.07) is 14.8. The average Bonchev–Trinajstić information content (AvgIpc) is 2.75. The second-order valence-electron chi connectivity index (χ2n) is 7.68. The second-order valence-corrected chi connectivity index (χ2v) is 11.0. The summed E-state index contributed by atoms with van der Waals surface area (Å²) < 4.78 is 53.9. The molecule has 3 aromatic rings. The van der Waals surface area contributed by atoms with E-state index in [0.29, 0.717) is 16.7 Å². The first kappa shape index (κ1) is 25.7. The van der Waals surface area contributed by atoms with E-state index in [9.17, 15) is 26.4 Å². The highest BCUT2D eigenvalue weighted by molar-refractivity contribution is 7.90. The molecular weight excluding hydrogens is 492 g/mol. The first-order valence-electron chi connectivity index (χ1n) is 10.3. The average molecular weight is 517 g/mol. The topological polar surface area (TPSA) is 151 Å². The van der Waals surface area contributed by atoms with Crippen molar-refractivity contribution < 1.29 is 26.4 Å². The van der Waals surface area contributed by atoms with Gasteiger partial charge in [-0.05, 0) is 61.7 Å². The van der Waals surface area contributed by atoms with Gasteiger partial charge in [0.25, 0.3) is 20.0 Å². The van der Waals surface area contributed by atoms with Gasteiger partial charge in [-0.3, -0.25) is 0 Å². The smallest absolute Gasteiger partial charge is 0.307 e. The molecule has 0 saturated carbocycles. The Morgan fingerprint density at radius 3 is 1.54 bits per heavy atom. The van der Waals surface area contributed by atoms with Crippen LogP contribution in [0.4, 0.5) is 21.0 Å². The number of hydrogen-bond donors (Lipinski definition) is 4. The summed E-state index contributed by atoms with van der Waals surface area (Å²) in [6.45, 7) is 4.88. The molecule has 10 nitrogen and oxygen atoms in total. The van der Waals surface area contributed by atoms with Crippen molar-refractivity contribution in [2.75, 3.05) is 10.6 Å². The number of hydrogen-bond acceptors (Lipinski definition) is 6. The van der Waals surface area contributed by atoms with Crippen LogP contribution in [0.15, 0.2) is 76.5 Å². The summed E-state index contributed by atoms with van der Waals surface area (Å²) in [5.74, 6) is 0. The lowest BCUT2D eigenvalue weighted by Gasteiger charge is -2.14. The molecule has 0 atom stereocenters. The van der Waals surface area contributed by atoms with Gasteiger partial charge in [-0.1, -0.05) is 42.5 Å². The molecule has 0 aliphatic carbocycles. The van der Waals surface area contributed by atoms with Crippen molar-refractivity contribution in [1.82, 2.24) is 9.44 Å². The molecule has 0 radical (unpaired) electrons. The summed E-state index contributed by atoms with van der Waals surface area (Å²) in [5.41, 5.74) is 1.90. The van der Waals surface area contributed by atoms with Gasteiger partial charge in [0, 0.05) is 11.4 Å². The number of rotatable bonds is 6. The molecule has 4 N–H and O–H groups in total. The number of benzene rings is 3. The van der Waals surface area contributed by atoms with E-state index in [1.54, 1.807) is 63.2 Å². The van der Waals surface area contributed by atoms with Crippen LogP contribution < -0.4 is 20.1 Å². The van der Waals surface area contributed by atoms with Crippen molar-refractivity contribution in [3.63, 3.8) is 0 Å². The molecule has 0 unspecified atom stereocenters. The monoisotopic (exact) mass is 516 g/mol. The van der Waals surface area contributed by atoms with Crippen LogP contribution >= 0.6 is 0 Å². The highest BCUT2D eigenvalue weighted by atomic mass is 32.2. The molecular formula is C23H24N4O6S2. The number of sulfonamides is 2. The molecule has 0 bridgehead atoms. The Labute approximate surface area is 203 Å². The van der Waals surface area contributed by atoms with Gasteiger partial charge >= 0.3 is 12.1 Å². The molecule has 3 aromatic carbocycles. The highest BCUT2D eigenvalue weighted by Crippen LogP contribution is 2.21. The summed E-state index contributed by atoms with van der Waals surface area (Å²) in [7, 11) is -8.22. The molecule has 0 saturated heterocycles. The van der Waals surface area contributed by atoms with E-state index in [1.165, 1.54) is 24.3 Å². The van der Waals surface area contributed by atoms with Crippen LogP contribution in [0.1, 0.15) is 16.7 Å². The first-order valence-corrected chi connectivity index (χ1v) is 13.3. The summed E-state index contributed by atoms with van der Waals surface area (Å²) in [6.07, 6.45) is 0. The zero-order valence-electron chi connectivity index (χ0n) is 19.1. The fraction of sp³-hybridized carbons (Fsp3) is 0.130. The second kappa shape index (κ2) is 10.2. The minimum Gasteiger partial charge on any atom is -0.307 e. The third-order valence-electron chi connectivity index (χ3n) is 4.96. The molecule has 35 heavy (non-hydrogen) atoms. The lowest BCUT2D eigenvalue weighted by molar-refractivity contribution is 0.255. The van der Waals surface area contributed by atoms with E-state index in [1.807, 2.05) is 9.44 Å². The van der Waals surface area contributed by atoms with Gasteiger partial charge in [-0.15, -0.1) is 0 Å². The van der Waals surface area contributed by atoms with Crippen molar-refractivity contribution >= 4 is 43.5 Å². The molecule has 12 heteroatoms. The first-order chi connectivity index (χ1) is 16.4. The van der Waals surface area contributed by atoms with Crippen molar-refractivity contribution in [2.45, 2.75) is 30.6 Å². The zero-order chi connectivity index (χ0) is 25.8. The lowest BCUT2D eigenvalue weighted by atomic mass is 10.2. The van der Waals surface area contributed by atoms with Gasteiger partial charge in [0.15, 0.2) is 0 Å². The van der Waals surface area contributed by atoms with Crippen LogP contribution in [0.2, 0.25) is 0 Å². The Hall–Kier alpha value is -3.90. The molecule has 184 valence electrons. The number of amides is 4. The molecule has 4 amide bonds. The predicted octanol–water partition coefficient (Wildman–Crippen LogP) is 3.63. The highest BCUT2D eigenvalue weighted by Gasteiger charge is 2.21. The molecule has 0 heterocycles. The maximum atomic E-state index is 12.5. The van der Waals surface area contributed by atoms with Gasteiger partial charge in [0.05, 0.1) is 9.79 Å². The largest absolute Gasteiger partial charge is 0.333 e. The van der Waals surface area contributed by atoms with Gasteiger partial charge in [-0.25, -0.2) is 35.9 Å². The number of anilines is 2. The van der Waals surface area contributed by atoms with E-state index in [-0.39, 0.29) is 21.2 Å². The Balaban J connectivity index is 1.71. The SMILES string of the molecule is Cc1ccc(NC(=O)NS(=O)(=O)c2ccccc2C)cc1NC(=O)NS(=O)(=O)c1ccccc1C. The molecule has 3 rings (SSSR count). The number of nitrogens with one attached hydrogen (secondary N) is 4.